The van der Waals surface area contributed by atoms with Crippen molar-refractivity contribution in [2.45, 2.75) is 65.3 Å². The van der Waals surface area contributed by atoms with E-state index in [1.165, 1.54) is 4.57 Å². The Morgan fingerprint density at radius 3 is 2.40 bits per heavy atom. The van der Waals surface area contributed by atoms with Gasteiger partial charge in [-0.1, -0.05) is 35.9 Å². The van der Waals surface area contributed by atoms with Gasteiger partial charge in [0.15, 0.2) is 5.82 Å². The molecule has 0 radical (unpaired) electrons. The van der Waals surface area contributed by atoms with E-state index in [4.69, 9.17) is 16.3 Å². The van der Waals surface area contributed by atoms with Crippen molar-refractivity contribution in [1.29, 1.82) is 0 Å². The maximum absolute atomic E-state index is 13.6. The molecule has 2 aromatic heterocycles. The second-order valence-electron chi connectivity index (χ2n) is 14.4. The Morgan fingerprint density at radius 2 is 1.71 bits per heavy atom. The molecule has 2 aliphatic rings. The number of rotatable bonds is 7. The molecule has 2 aliphatic heterocycles. The zero-order valence-corrected chi connectivity index (χ0v) is 31.0. The number of amides is 3. The highest BCUT2D eigenvalue weighted by Crippen LogP contribution is 2.38. The number of aryl methyl sites for hydroxylation is 1. The van der Waals surface area contributed by atoms with E-state index in [0.717, 1.165) is 23.4 Å². The minimum absolute atomic E-state index is 0.0146. The number of likely N-dealkylation sites (tertiary alicyclic amines) is 1. The molecule has 1 atom stereocenters. The number of imidazole rings is 1. The van der Waals surface area contributed by atoms with Crippen LogP contribution in [0.3, 0.4) is 0 Å². The highest BCUT2D eigenvalue weighted by atomic mass is 35.5. The lowest BCUT2D eigenvalue weighted by Crippen LogP contribution is -2.40. The van der Waals surface area contributed by atoms with Gasteiger partial charge in [0.05, 0.1) is 29.1 Å². The Hall–Kier alpha value is -4.98. The summed E-state index contributed by atoms with van der Waals surface area (Å²) in [5.41, 5.74) is 4.22. The average Bonchev–Trinajstić information content (AvgIpc) is 3.65. The summed E-state index contributed by atoms with van der Waals surface area (Å²) in [7, 11) is 3.39. The number of benzene rings is 2. The molecule has 1 saturated heterocycles. The summed E-state index contributed by atoms with van der Waals surface area (Å²) < 4.78 is 8.67. The number of carbonyl (C=O) groups is 3. The number of pyridine rings is 1. The number of aliphatic hydroxyl groups excluding tert-OH is 1. The van der Waals surface area contributed by atoms with Gasteiger partial charge in [0.1, 0.15) is 11.2 Å². The zero-order valence-electron chi connectivity index (χ0n) is 30.2. The van der Waals surface area contributed by atoms with E-state index in [-0.39, 0.29) is 24.0 Å². The topological polar surface area (TPSA) is 151 Å². The Morgan fingerprint density at radius 1 is 1.02 bits per heavy atom. The van der Waals surface area contributed by atoms with Crippen LogP contribution in [-0.4, -0.2) is 78.3 Å². The predicted octanol–water partition coefficient (Wildman–Crippen LogP) is 5.11. The van der Waals surface area contributed by atoms with Crippen molar-refractivity contribution < 1.29 is 24.2 Å². The summed E-state index contributed by atoms with van der Waals surface area (Å²) in [5, 5.41) is 16.0. The monoisotopic (exact) mass is 729 g/mol. The van der Waals surface area contributed by atoms with Gasteiger partial charge in [-0.15, -0.1) is 0 Å². The number of nitrogens with one attached hydrogen (secondary N) is 2. The third-order valence-electron chi connectivity index (χ3n) is 9.37. The summed E-state index contributed by atoms with van der Waals surface area (Å²) in [5.74, 6) is -0.808. The lowest BCUT2D eigenvalue weighted by Gasteiger charge is -2.29. The standard InChI is InChI=1S/C38H44ClN7O6/c1-22-25(9-7-11-28(22)41-34(48)27-17-23(18-43(5)36(27)50)19-45-15-13-24(47)20-45)26-10-8-12-29(32(26)39)42-35(49)33-40-30-21-46(16-14-31(30)44(33)6)37(51)52-38(2,3)4/h7-12,17-18,24,47H,13-16,19-21H2,1-6H3,(H,41,48)(H,42,49). The second-order valence-corrected chi connectivity index (χ2v) is 14.8. The summed E-state index contributed by atoms with van der Waals surface area (Å²) in [4.78, 5) is 61.1. The van der Waals surface area contributed by atoms with Gasteiger partial charge in [-0.25, -0.2) is 9.78 Å². The SMILES string of the molecule is Cc1c(NC(=O)c2cc(CN3CCC(O)C3)cn(C)c2=O)cccc1-c1cccc(NC(=O)c2nc3c(n2C)CCN(C(=O)OC(C)(C)C)C3)c1Cl. The lowest BCUT2D eigenvalue weighted by molar-refractivity contribution is 0.0220. The van der Waals surface area contributed by atoms with Gasteiger partial charge in [-0.05, 0) is 69.0 Å². The molecule has 1 unspecified atom stereocenters. The van der Waals surface area contributed by atoms with Crippen LogP contribution >= 0.6 is 11.6 Å². The summed E-state index contributed by atoms with van der Waals surface area (Å²) in [6, 6.07) is 12.3. The highest BCUT2D eigenvalue weighted by Gasteiger charge is 2.30. The van der Waals surface area contributed by atoms with Crippen LogP contribution in [0.25, 0.3) is 11.1 Å². The van der Waals surface area contributed by atoms with E-state index >= 15 is 0 Å². The van der Waals surface area contributed by atoms with E-state index in [2.05, 4.69) is 20.5 Å². The van der Waals surface area contributed by atoms with E-state index < -0.39 is 29.1 Å². The van der Waals surface area contributed by atoms with Crippen LogP contribution in [0.1, 0.15) is 70.7 Å². The van der Waals surface area contributed by atoms with Crippen molar-refractivity contribution in [1.82, 2.24) is 23.9 Å². The number of halogens is 1. The van der Waals surface area contributed by atoms with Crippen molar-refractivity contribution >= 4 is 40.9 Å². The average molecular weight is 730 g/mol. The molecule has 0 aliphatic carbocycles. The Kier molecular flexibility index (Phi) is 10.3. The van der Waals surface area contributed by atoms with Gasteiger partial charge >= 0.3 is 6.09 Å². The molecule has 52 heavy (non-hydrogen) atoms. The summed E-state index contributed by atoms with van der Waals surface area (Å²) in [6.07, 6.45) is 2.13. The molecule has 2 aromatic carbocycles. The molecule has 4 aromatic rings. The molecule has 3 N–H and O–H groups in total. The van der Waals surface area contributed by atoms with Gasteiger partial charge in [-0.3, -0.25) is 19.3 Å². The maximum atomic E-state index is 13.6. The molecule has 13 nitrogen and oxygen atoms in total. The smallest absolute Gasteiger partial charge is 0.410 e. The molecule has 274 valence electrons. The normalized spacial score (nSPS) is 16.1. The van der Waals surface area contributed by atoms with Gasteiger partial charge in [0.2, 0.25) is 0 Å². The summed E-state index contributed by atoms with van der Waals surface area (Å²) in [6.45, 7) is 9.77. The Bertz CT molecular complexity index is 2120. The quantitative estimate of drug-likeness (QED) is 0.238. The van der Waals surface area contributed by atoms with E-state index in [1.54, 1.807) is 60.1 Å². The molecule has 0 bridgehead atoms. The highest BCUT2D eigenvalue weighted by molar-refractivity contribution is 6.36. The summed E-state index contributed by atoms with van der Waals surface area (Å²) >= 11 is 6.93. The molecule has 0 saturated carbocycles. The third kappa shape index (κ3) is 7.76. The first kappa shape index (κ1) is 36.8. The zero-order chi connectivity index (χ0) is 37.5. The number of β-amino-alcohol motifs (C(OH)–C–C–N with tert-alkyl or cyclic N) is 1. The second kappa shape index (κ2) is 14.6. The number of anilines is 2. The fourth-order valence-corrected chi connectivity index (χ4v) is 7.00. The molecular weight excluding hydrogens is 686 g/mol. The number of hydrogen-bond acceptors (Lipinski definition) is 8. The maximum Gasteiger partial charge on any atom is 0.410 e. The van der Waals surface area contributed by atoms with Crippen molar-refractivity contribution in [2.24, 2.45) is 14.1 Å². The number of fused-ring (bicyclic) bond motifs is 1. The van der Waals surface area contributed by atoms with Crippen LogP contribution < -0.4 is 16.2 Å². The van der Waals surface area contributed by atoms with E-state index in [1.807, 2.05) is 39.8 Å². The molecular formula is C38H44ClN7O6. The van der Waals surface area contributed by atoms with Crippen molar-refractivity contribution in [3.8, 4) is 11.1 Å². The van der Waals surface area contributed by atoms with Crippen LogP contribution in [0.5, 0.6) is 0 Å². The number of hydrogen-bond donors (Lipinski definition) is 3. The van der Waals surface area contributed by atoms with Crippen LogP contribution in [0.15, 0.2) is 53.5 Å². The van der Waals surface area contributed by atoms with Crippen molar-refractivity contribution in [3.05, 3.63) is 97.9 Å². The largest absolute Gasteiger partial charge is 0.444 e. The minimum atomic E-state index is -0.624. The number of ether oxygens (including phenoxy) is 1. The fraction of sp³-hybridized carbons (Fsp3) is 0.395. The van der Waals surface area contributed by atoms with Gasteiger partial charge in [0.25, 0.3) is 17.4 Å². The first-order chi connectivity index (χ1) is 24.6. The number of aliphatic hydroxyl groups is 1. The van der Waals surface area contributed by atoms with Gasteiger partial charge < -0.3 is 34.5 Å². The minimum Gasteiger partial charge on any atom is -0.444 e. The van der Waals surface area contributed by atoms with Crippen LogP contribution in [0.2, 0.25) is 5.02 Å². The number of nitrogens with zero attached hydrogens (tertiary/aromatic N) is 5. The van der Waals surface area contributed by atoms with Crippen molar-refractivity contribution in [3.63, 3.8) is 0 Å². The molecule has 14 heteroatoms. The fourth-order valence-electron chi connectivity index (χ4n) is 6.73. The van der Waals surface area contributed by atoms with Gasteiger partial charge in [0, 0.05) is 69.8 Å². The Balaban J connectivity index is 1.19. The van der Waals surface area contributed by atoms with E-state index in [9.17, 15) is 24.3 Å². The molecule has 6 rings (SSSR count). The third-order valence-corrected chi connectivity index (χ3v) is 9.78. The number of carbonyl (C=O) groups excluding carboxylic acids is 3. The molecule has 0 spiro atoms. The molecule has 4 heterocycles. The Labute approximate surface area is 307 Å². The first-order valence-corrected chi connectivity index (χ1v) is 17.6. The first-order valence-electron chi connectivity index (χ1n) is 17.2. The van der Waals surface area contributed by atoms with Gasteiger partial charge in [-0.2, -0.15) is 0 Å². The molecule has 3 amide bonds. The van der Waals surface area contributed by atoms with Crippen LogP contribution in [0.4, 0.5) is 16.2 Å². The number of aromatic nitrogens is 3. The molecule has 1 fully saturated rings. The van der Waals surface area contributed by atoms with Crippen LogP contribution in [-0.2, 0) is 38.3 Å². The lowest BCUT2D eigenvalue weighted by atomic mass is 9.98. The predicted molar refractivity (Wildman–Crippen MR) is 199 cm³/mol. The van der Waals surface area contributed by atoms with Crippen LogP contribution in [0, 0.1) is 6.92 Å². The van der Waals surface area contributed by atoms with E-state index in [0.29, 0.717) is 65.7 Å². The van der Waals surface area contributed by atoms with Crippen molar-refractivity contribution in [2.75, 3.05) is 30.3 Å².